The standard InChI is InChI=1S/C15H15N3O2S2/c1-4-9-5-6-11-10(7-9)8(2)12(20-11)13(19)16-14-17-18-15(21-3)22-14/h5-7H,4H2,1-3H3,(H,16,17,19). The number of anilines is 1. The Bertz CT molecular complexity index is 839. The molecule has 1 amide bonds. The Labute approximate surface area is 136 Å². The molecule has 0 spiro atoms. The van der Waals surface area contributed by atoms with Crippen LogP contribution in [0.5, 0.6) is 0 Å². The molecular weight excluding hydrogens is 318 g/mol. The Balaban J connectivity index is 1.91. The van der Waals surface area contributed by atoms with Crippen molar-refractivity contribution in [1.82, 2.24) is 10.2 Å². The van der Waals surface area contributed by atoms with Crippen LogP contribution >= 0.6 is 23.1 Å². The first-order chi connectivity index (χ1) is 10.6. The smallest absolute Gasteiger partial charge is 0.293 e. The van der Waals surface area contributed by atoms with Crippen molar-refractivity contribution in [2.24, 2.45) is 0 Å². The summed E-state index contributed by atoms with van der Waals surface area (Å²) in [6.07, 6.45) is 2.87. The number of carbonyl (C=O) groups excluding carboxylic acids is 1. The lowest BCUT2D eigenvalue weighted by Crippen LogP contribution is -2.11. The lowest BCUT2D eigenvalue weighted by Gasteiger charge is -1.98. The molecule has 114 valence electrons. The Morgan fingerprint density at radius 1 is 1.41 bits per heavy atom. The van der Waals surface area contributed by atoms with Crippen molar-refractivity contribution in [3.05, 3.63) is 35.1 Å². The highest BCUT2D eigenvalue weighted by atomic mass is 32.2. The van der Waals surface area contributed by atoms with Crippen molar-refractivity contribution in [2.45, 2.75) is 24.6 Å². The average Bonchev–Trinajstić information content (AvgIpc) is 3.11. The van der Waals surface area contributed by atoms with Gasteiger partial charge in [-0.1, -0.05) is 36.1 Å². The first-order valence-electron chi connectivity index (χ1n) is 6.83. The van der Waals surface area contributed by atoms with E-state index in [9.17, 15) is 4.79 Å². The molecule has 1 N–H and O–H groups in total. The molecule has 0 aliphatic rings. The summed E-state index contributed by atoms with van der Waals surface area (Å²) in [4.78, 5) is 12.4. The van der Waals surface area contributed by atoms with Crippen LogP contribution in [0.4, 0.5) is 5.13 Å². The van der Waals surface area contributed by atoms with E-state index in [2.05, 4.69) is 28.5 Å². The molecule has 2 aromatic heterocycles. The minimum absolute atomic E-state index is 0.296. The zero-order chi connectivity index (χ0) is 15.7. The van der Waals surface area contributed by atoms with Gasteiger partial charge in [0.25, 0.3) is 5.91 Å². The third kappa shape index (κ3) is 2.74. The largest absolute Gasteiger partial charge is 0.451 e. The van der Waals surface area contributed by atoms with Crippen molar-refractivity contribution in [2.75, 3.05) is 11.6 Å². The molecule has 3 aromatic rings. The third-order valence-electron chi connectivity index (χ3n) is 3.42. The number of aromatic nitrogens is 2. The van der Waals surface area contributed by atoms with Crippen LogP contribution in [0.3, 0.4) is 0 Å². The Morgan fingerprint density at radius 2 is 2.23 bits per heavy atom. The van der Waals surface area contributed by atoms with Crippen molar-refractivity contribution in [3.63, 3.8) is 0 Å². The normalized spacial score (nSPS) is 11.0. The maximum atomic E-state index is 12.4. The number of hydrogen-bond acceptors (Lipinski definition) is 6. The maximum Gasteiger partial charge on any atom is 0.293 e. The fourth-order valence-electron chi connectivity index (χ4n) is 2.20. The molecule has 0 saturated carbocycles. The fourth-order valence-corrected chi connectivity index (χ4v) is 3.37. The van der Waals surface area contributed by atoms with E-state index in [-0.39, 0.29) is 5.91 Å². The molecule has 0 saturated heterocycles. The first-order valence-corrected chi connectivity index (χ1v) is 8.87. The van der Waals surface area contributed by atoms with Crippen molar-refractivity contribution < 1.29 is 9.21 Å². The first kappa shape index (κ1) is 15.1. The molecule has 0 aliphatic carbocycles. The molecule has 0 bridgehead atoms. The summed E-state index contributed by atoms with van der Waals surface area (Å²) in [5.74, 6) is 0.0275. The molecule has 0 radical (unpaired) electrons. The number of amides is 1. The quantitative estimate of drug-likeness (QED) is 0.574. The van der Waals surface area contributed by atoms with Gasteiger partial charge in [0.05, 0.1) is 0 Å². The van der Waals surface area contributed by atoms with Crippen LogP contribution in [0.15, 0.2) is 27.0 Å². The number of carbonyl (C=O) groups is 1. The molecule has 2 heterocycles. The van der Waals surface area contributed by atoms with Gasteiger partial charge < -0.3 is 4.42 Å². The number of nitrogens with one attached hydrogen (secondary N) is 1. The Hall–Kier alpha value is -1.86. The minimum Gasteiger partial charge on any atom is -0.451 e. The number of nitrogens with zero attached hydrogens (tertiary/aromatic N) is 2. The topological polar surface area (TPSA) is 68.0 Å². The van der Waals surface area contributed by atoms with Gasteiger partial charge in [-0.05, 0) is 37.3 Å². The van der Waals surface area contributed by atoms with Gasteiger partial charge >= 0.3 is 0 Å². The number of benzene rings is 1. The van der Waals surface area contributed by atoms with Gasteiger partial charge in [-0.25, -0.2) is 0 Å². The molecule has 3 rings (SSSR count). The van der Waals surface area contributed by atoms with Crippen molar-refractivity contribution >= 4 is 45.1 Å². The summed E-state index contributed by atoms with van der Waals surface area (Å²) in [6, 6.07) is 6.00. The molecule has 1 aromatic carbocycles. The van der Waals surface area contributed by atoms with Gasteiger partial charge in [0.2, 0.25) is 5.13 Å². The van der Waals surface area contributed by atoms with Crippen LogP contribution in [0, 0.1) is 6.92 Å². The van der Waals surface area contributed by atoms with Crippen LogP contribution in [0.2, 0.25) is 0 Å². The molecule has 22 heavy (non-hydrogen) atoms. The summed E-state index contributed by atoms with van der Waals surface area (Å²) in [7, 11) is 0. The lowest BCUT2D eigenvalue weighted by molar-refractivity contribution is 0.0998. The van der Waals surface area contributed by atoms with Gasteiger partial charge in [-0.15, -0.1) is 10.2 Å². The van der Waals surface area contributed by atoms with E-state index in [1.165, 1.54) is 28.7 Å². The second-order valence-corrected chi connectivity index (χ2v) is 6.80. The van der Waals surface area contributed by atoms with E-state index >= 15 is 0 Å². The number of fused-ring (bicyclic) bond motifs is 1. The highest BCUT2D eigenvalue weighted by Crippen LogP contribution is 2.28. The van der Waals surface area contributed by atoms with Crippen LogP contribution < -0.4 is 5.32 Å². The molecule has 0 fully saturated rings. The number of thioether (sulfide) groups is 1. The number of hydrogen-bond donors (Lipinski definition) is 1. The minimum atomic E-state index is -0.296. The van der Waals surface area contributed by atoms with Gasteiger partial charge in [0.15, 0.2) is 10.1 Å². The van der Waals surface area contributed by atoms with Crippen molar-refractivity contribution in [3.8, 4) is 0 Å². The lowest BCUT2D eigenvalue weighted by atomic mass is 10.1. The van der Waals surface area contributed by atoms with E-state index in [0.29, 0.717) is 10.9 Å². The zero-order valence-electron chi connectivity index (χ0n) is 12.5. The van der Waals surface area contributed by atoms with E-state index in [4.69, 9.17) is 4.42 Å². The molecule has 5 nitrogen and oxygen atoms in total. The number of aryl methyl sites for hydroxylation is 2. The van der Waals surface area contributed by atoms with Crippen LogP contribution in [-0.4, -0.2) is 22.4 Å². The second kappa shape index (κ2) is 6.10. The van der Waals surface area contributed by atoms with Crippen LogP contribution in [-0.2, 0) is 6.42 Å². The zero-order valence-corrected chi connectivity index (χ0v) is 14.1. The summed E-state index contributed by atoms with van der Waals surface area (Å²) < 4.78 is 6.51. The van der Waals surface area contributed by atoms with Gasteiger partial charge in [0.1, 0.15) is 5.58 Å². The van der Waals surface area contributed by atoms with Gasteiger partial charge in [-0.3, -0.25) is 10.1 Å². The highest BCUT2D eigenvalue weighted by Gasteiger charge is 2.19. The Morgan fingerprint density at radius 3 is 2.91 bits per heavy atom. The van der Waals surface area contributed by atoms with Gasteiger partial charge in [0, 0.05) is 10.9 Å². The summed E-state index contributed by atoms with van der Waals surface area (Å²) >= 11 is 2.84. The van der Waals surface area contributed by atoms with Crippen LogP contribution in [0.25, 0.3) is 11.0 Å². The summed E-state index contributed by atoms with van der Waals surface area (Å²) in [5.41, 5.74) is 2.79. The second-order valence-electron chi connectivity index (χ2n) is 4.77. The van der Waals surface area contributed by atoms with E-state index in [0.717, 1.165) is 27.3 Å². The van der Waals surface area contributed by atoms with E-state index in [1.54, 1.807) is 0 Å². The van der Waals surface area contributed by atoms with E-state index < -0.39 is 0 Å². The molecule has 7 heteroatoms. The van der Waals surface area contributed by atoms with Crippen molar-refractivity contribution in [1.29, 1.82) is 0 Å². The predicted octanol–water partition coefficient (Wildman–Crippen LogP) is 4.13. The average molecular weight is 333 g/mol. The molecule has 0 unspecified atom stereocenters. The number of rotatable bonds is 4. The summed E-state index contributed by atoms with van der Waals surface area (Å²) in [6.45, 7) is 4.00. The van der Waals surface area contributed by atoms with Crippen LogP contribution in [0.1, 0.15) is 28.6 Å². The molecular formula is C15H15N3O2S2. The monoisotopic (exact) mass is 333 g/mol. The predicted molar refractivity (Wildman–Crippen MR) is 90.0 cm³/mol. The third-order valence-corrected chi connectivity index (χ3v) is 5.23. The molecule has 0 atom stereocenters. The van der Waals surface area contributed by atoms with E-state index in [1.807, 2.05) is 25.3 Å². The Kier molecular flexibility index (Phi) is 4.17. The molecule has 0 aliphatic heterocycles. The highest BCUT2D eigenvalue weighted by molar-refractivity contribution is 8.00. The summed E-state index contributed by atoms with van der Waals surface area (Å²) in [5, 5.41) is 12.1. The number of furan rings is 1. The SMILES string of the molecule is CCc1ccc2oc(C(=O)Nc3nnc(SC)s3)c(C)c2c1. The maximum absolute atomic E-state index is 12.4. The fraction of sp³-hybridized carbons (Fsp3) is 0.267. The van der Waals surface area contributed by atoms with Gasteiger partial charge in [-0.2, -0.15) is 0 Å².